The van der Waals surface area contributed by atoms with Gasteiger partial charge in [-0.2, -0.15) is 0 Å². The van der Waals surface area contributed by atoms with Crippen LogP contribution in [0.1, 0.15) is 48.4 Å². The van der Waals surface area contributed by atoms with Gasteiger partial charge in [-0.3, -0.25) is 9.69 Å². The van der Waals surface area contributed by atoms with Crippen molar-refractivity contribution in [2.45, 2.75) is 46.2 Å². The predicted molar refractivity (Wildman–Crippen MR) is 80.1 cm³/mol. The molecule has 0 fully saturated rings. The van der Waals surface area contributed by atoms with Crippen LogP contribution in [0.15, 0.2) is 11.0 Å². The van der Waals surface area contributed by atoms with Gasteiger partial charge in [0.25, 0.3) is 5.56 Å². The molecule has 0 aromatic carbocycles. The standard InChI is InChI=1S/C15H21N5O/c1-9(2)14-18-13-4-5-20(8-12(13)15(21)19-14)7-11-6-16-10(3)17-11/h6,9H,4-5,7-8H2,1-3H3,(H,16,17)(H,18,19,21). The summed E-state index contributed by atoms with van der Waals surface area (Å²) in [7, 11) is 0. The van der Waals surface area contributed by atoms with Crippen LogP contribution in [0, 0.1) is 6.92 Å². The third kappa shape index (κ3) is 2.90. The molecule has 3 heterocycles. The minimum atomic E-state index is 0.00851. The van der Waals surface area contributed by atoms with E-state index in [0.29, 0.717) is 6.54 Å². The molecule has 0 atom stereocenters. The van der Waals surface area contributed by atoms with Crippen molar-refractivity contribution < 1.29 is 0 Å². The fourth-order valence-electron chi connectivity index (χ4n) is 2.70. The fraction of sp³-hybridized carbons (Fsp3) is 0.533. The van der Waals surface area contributed by atoms with Crippen LogP contribution < -0.4 is 5.56 Å². The van der Waals surface area contributed by atoms with Crippen LogP contribution in [0.3, 0.4) is 0 Å². The fourth-order valence-corrected chi connectivity index (χ4v) is 2.70. The lowest BCUT2D eigenvalue weighted by Crippen LogP contribution is -2.36. The van der Waals surface area contributed by atoms with Gasteiger partial charge in [-0.1, -0.05) is 13.8 Å². The Labute approximate surface area is 123 Å². The van der Waals surface area contributed by atoms with Crippen molar-refractivity contribution in [3.05, 3.63) is 45.2 Å². The van der Waals surface area contributed by atoms with Gasteiger partial charge in [0.05, 0.1) is 11.3 Å². The monoisotopic (exact) mass is 287 g/mol. The summed E-state index contributed by atoms with van der Waals surface area (Å²) in [5, 5.41) is 0. The number of aromatic amines is 2. The third-order valence-electron chi connectivity index (χ3n) is 3.86. The summed E-state index contributed by atoms with van der Waals surface area (Å²) in [6.45, 7) is 8.37. The second-order valence-electron chi connectivity index (χ2n) is 5.99. The number of fused-ring (bicyclic) bond motifs is 1. The molecule has 1 aliphatic rings. The van der Waals surface area contributed by atoms with Gasteiger partial charge in [0.1, 0.15) is 11.6 Å². The van der Waals surface area contributed by atoms with E-state index < -0.39 is 0 Å². The number of nitrogens with zero attached hydrogens (tertiary/aromatic N) is 3. The smallest absolute Gasteiger partial charge is 0.255 e. The Morgan fingerprint density at radius 1 is 1.38 bits per heavy atom. The number of hydrogen-bond donors (Lipinski definition) is 2. The Balaban J connectivity index is 1.81. The molecule has 0 saturated heterocycles. The van der Waals surface area contributed by atoms with E-state index in [1.54, 1.807) is 0 Å². The number of rotatable bonds is 3. The molecular weight excluding hydrogens is 266 g/mol. The maximum Gasteiger partial charge on any atom is 0.255 e. The van der Waals surface area contributed by atoms with Gasteiger partial charge in [-0.05, 0) is 6.92 Å². The zero-order valence-corrected chi connectivity index (χ0v) is 12.7. The second kappa shape index (κ2) is 5.44. The Morgan fingerprint density at radius 2 is 2.19 bits per heavy atom. The van der Waals surface area contributed by atoms with Crippen molar-refractivity contribution in [1.29, 1.82) is 0 Å². The Bertz CT molecular complexity index is 700. The van der Waals surface area contributed by atoms with Crippen LogP contribution in [0.25, 0.3) is 0 Å². The molecule has 0 radical (unpaired) electrons. The van der Waals surface area contributed by atoms with E-state index in [9.17, 15) is 4.79 Å². The van der Waals surface area contributed by atoms with E-state index in [1.807, 2.05) is 27.0 Å². The van der Waals surface area contributed by atoms with Gasteiger partial charge < -0.3 is 9.97 Å². The second-order valence-corrected chi connectivity index (χ2v) is 5.99. The van der Waals surface area contributed by atoms with Crippen LogP contribution >= 0.6 is 0 Å². The summed E-state index contributed by atoms with van der Waals surface area (Å²) in [6.07, 6.45) is 2.68. The Kier molecular flexibility index (Phi) is 3.63. The molecule has 6 heteroatoms. The Morgan fingerprint density at radius 3 is 2.86 bits per heavy atom. The van der Waals surface area contributed by atoms with E-state index in [0.717, 1.165) is 48.1 Å². The molecule has 0 saturated carbocycles. The topological polar surface area (TPSA) is 77.7 Å². The highest BCUT2D eigenvalue weighted by Crippen LogP contribution is 2.17. The largest absolute Gasteiger partial charge is 0.345 e. The summed E-state index contributed by atoms with van der Waals surface area (Å²) in [4.78, 5) is 29.5. The number of H-pyrrole nitrogens is 2. The highest BCUT2D eigenvalue weighted by molar-refractivity contribution is 5.21. The molecule has 0 bridgehead atoms. The summed E-state index contributed by atoms with van der Waals surface area (Å²) in [5.41, 5.74) is 2.86. The number of aromatic nitrogens is 4. The lowest BCUT2D eigenvalue weighted by Gasteiger charge is -2.27. The van der Waals surface area contributed by atoms with Crippen LogP contribution in [0.5, 0.6) is 0 Å². The zero-order valence-electron chi connectivity index (χ0n) is 12.7. The van der Waals surface area contributed by atoms with Crippen LogP contribution in [-0.2, 0) is 19.5 Å². The van der Waals surface area contributed by atoms with Gasteiger partial charge in [-0.15, -0.1) is 0 Å². The highest BCUT2D eigenvalue weighted by Gasteiger charge is 2.22. The maximum absolute atomic E-state index is 12.2. The minimum absolute atomic E-state index is 0.00851. The van der Waals surface area contributed by atoms with Crippen molar-refractivity contribution in [3.8, 4) is 0 Å². The number of imidazole rings is 1. The first-order chi connectivity index (χ1) is 10.0. The van der Waals surface area contributed by atoms with Crippen molar-refractivity contribution in [1.82, 2.24) is 24.8 Å². The van der Waals surface area contributed by atoms with Crippen LogP contribution in [0.4, 0.5) is 0 Å². The molecular formula is C15H21N5O. The first-order valence-corrected chi connectivity index (χ1v) is 7.37. The molecule has 3 rings (SSSR count). The van der Waals surface area contributed by atoms with E-state index in [1.165, 1.54) is 0 Å². The molecule has 2 aromatic rings. The van der Waals surface area contributed by atoms with Crippen molar-refractivity contribution in [2.75, 3.05) is 6.54 Å². The van der Waals surface area contributed by atoms with E-state index >= 15 is 0 Å². The Hall–Kier alpha value is -1.95. The molecule has 2 N–H and O–H groups in total. The normalized spacial score (nSPS) is 15.4. The summed E-state index contributed by atoms with van der Waals surface area (Å²) in [5.74, 6) is 1.95. The number of aryl methyl sites for hydroxylation is 1. The molecule has 0 amide bonds. The van der Waals surface area contributed by atoms with E-state index in [-0.39, 0.29) is 11.5 Å². The molecule has 0 spiro atoms. The molecule has 112 valence electrons. The third-order valence-corrected chi connectivity index (χ3v) is 3.86. The van der Waals surface area contributed by atoms with E-state index in [2.05, 4.69) is 24.8 Å². The molecule has 1 aliphatic heterocycles. The average molecular weight is 287 g/mol. The van der Waals surface area contributed by atoms with Gasteiger partial charge in [-0.25, -0.2) is 9.97 Å². The number of nitrogens with one attached hydrogen (secondary N) is 2. The highest BCUT2D eigenvalue weighted by atomic mass is 16.1. The molecule has 2 aromatic heterocycles. The van der Waals surface area contributed by atoms with Gasteiger partial charge in [0.2, 0.25) is 0 Å². The first kappa shape index (κ1) is 14.0. The van der Waals surface area contributed by atoms with Crippen LogP contribution in [-0.4, -0.2) is 31.4 Å². The quantitative estimate of drug-likeness (QED) is 0.896. The minimum Gasteiger partial charge on any atom is -0.345 e. The number of hydrogen-bond acceptors (Lipinski definition) is 4. The molecule has 0 aliphatic carbocycles. The summed E-state index contributed by atoms with van der Waals surface area (Å²) in [6, 6.07) is 0. The molecule has 6 nitrogen and oxygen atoms in total. The average Bonchev–Trinajstić information content (AvgIpc) is 2.84. The van der Waals surface area contributed by atoms with Crippen molar-refractivity contribution in [2.24, 2.45) is 0 Å². The summed E-state index contributed by atoms with van der Waals surface area (Å²) < 4.78 is 0. The predicted octanol–water partition coefficient (Wildman–Crippen LogP) is 1.48. The van der Waals surface area contributed by atoms with Crippen molar-refractivity contribution in [3.63, 3.8) is 0 Å². The lowest BCUT2D eigenvalue weighted by molar-refractivity contribution is 0.239. The first-order valence-electron chi connectivity index (χ1n) is 7.37. The maximum atomic E-state index is 12.2. The SMILES string of the molecule is Cc1ncc(CN2CCc3nc(C(C)C)[nH]c(=O)c3C2)[nH]1. The van der Waals surface area contributed by atoms with Gasteiger partial charge >= 0.3 is 0 Å². The zero-order chi connectivity index (χ0) is 15.0. The van der Waals surface area contributed by atoms with E-state index in [4.69, 9.17) is 0 Å². The lowest BCUT2D eigenvalue weighted by atomic mass is 10.1. The van der Waals surface area contributed by atoms with Crippen LogP contribution in [0.2, 0.25) is 0 Å². The van der Waals surface area contributed by atoms with Crippen molar-refractivity contribution >= 4 is 0 Å². The molecule has 0 unspecified atom stereocenters. The molecule has 21 heavy (non-hydrogen) atoms. The van der Waals surface area contributed by atoms with Gasteiger partial charge in [0, 0.05) is 43.9 Å². The van der Waals surface area contributed by atoms with Gasteiger partial charge in [0.15, 0.2) is 0 Å². The summed E-state index contributed by atoms with van der Waals surface area (Å²) >= 11 is 0.